The number of rotatable bonds is 9. The summed E-state index contributed by atoms with van der Waals surface area (Å²) in [4.78, 5) is -0.981. The minimum absolute atomic E-state index is 0.0648. The standard InChI is InChI=1S/C26H24N2O6S2/c29-35(30,31)25-15-21(27-17-19-7-3-1-4-8-19)11-13-23(25)24-14-12-22(16-26(24)36(32,33)34)28-18-20-9-5-2-6-10-20/h1-16,27-28H,17-18H2,(H,29,30,31)(H,32,33,34). The lowest BCUT2D eigenvalue weighted by Crippen LogP contribution is -2.08. The van der Waals surface area contributed by atoms with Crippen molar-refractivity contribution in [3.05, 3.63) is 108 Å². The summed E-state index contributed by atoms with van der Waals surface area (Å²) >= 11 is 0. The van der Waals surface area contributed by atoms with E-state index in [4.69, 9.17) is 0 Å². The highest BCUT2D eigenvalue weighted by Crippen LogP contribution is 2.36. The van der Waals surface area contributed by atoms with Gasteiger partial charge in [0.05, 0.1) is 0 Å². The maximum atomic E-state index is 12.2. The summed E-state index contributed by atoms with van der Waals surface area (Å²) in [5, 5.41) is 6.17. The fraction of sp³-hybridized carbons (Fsp3) is 0.0769. The van der Waals surface area contributed by atoms with Gasteiger partial charge in [0, 0.05) is 35.6 Å². The monoisotopic (exact) mass is 524 g/mol. The SMILES string of the molecule is O=S(=O)(O)c1cc(NCc2ccccc2)ccc1-c1ccc(NCc2ccccc2)cc1S(=O)(=O)O. The lowest BCUT2D eigenvalue weighted by Gasteiger charge is -2.15. The van der Waals surface area contributed by atoms with E-state index in [-0.39, 0.29) is 11.1 Å². The predicted octanol–water partition coefficient (Wildman–Crippen LogP) is 5.07. The maximum absolute atomic E-state index is 12.2. The van der Waals surface area contributed by atoms with Crippen molar-refractivity contribution in [3.63, 3.8) is 0 Å². The van der Waals surface area contributed by atoms with Crippen LogP contribution in [0.1, 0.15) is 11.1 Å². The normalized spacial score (nSPS) is 11.7. The molecule has 0 aliphatic heterocycles. The average molecular weight is 525 g/mol. The number of benzene rings is 4. The molecule has 0 unspecified atom stereocenters. The predicted molar refractivity (Wildman–Crippen MR) is 139 cm³/mol. The zero-order chi connectivity index (χ0) is 25.8. The number of hydrogen-bond acceptors (Lipinski definition) is 6. The third-order valence-corrected chi connectivity index (χ3v) is 7.28. The number of nitrogens with one attached hydrogen (secondary N) is 2. The molecule has 10 heteroatoms. The van der Waals surface area contributed by atoms with Gasteiger partial charge in [0.25, 0.3) is 20.2 Å². The molecular formula is C26H24N2O6S2. The lowest BCUT2D eigenvalue weighted by molar-refractivity contribution is 0.480. The van der Waals surface area contributed by atoms with Gasteiger partial charge in [-0.15, -0.1) is 0 Å². The van der Waals surface area contributed by atoms with E-state index in [0.29, 0.717) is 24.5 Å². The summed E-state index contributed by atoms with van der Waals surface area (Å²) in [7, 11) is -9.48. The average Bonchev–Trinajstić information content (AvgIpc) is 2.86. The highest BCUT2D eigenvalue weighted by atomic mass is 32.2. The van der Waals surface area contributed by atoms with Crippen molar-refractivity contribution in [2.75, 3.05) is 10.6 Å². The Hall–Kier alpha value is -3.70. The van der Waals surface area contributed by atoms with Gasteiger partial charge in [0.1, 0.15) is 9.79 Å². The van der Waals surface area contributed by atoms with Crippen LogP contribution in [0, 0.1) is 0 Å². The minimum Gasteiger partial charge on any atom is -0.381 e. The summed E-state index contributed by atoms with van der Waals surface area (Å²) in [6, 6.07) is 27.2. The molecule has 4 aromatic rings. The van der Waals surface area contributed by atoms with Crippen molar-refractivity contribution < 1.29 is 25.9 Å². The van der Waals surface area contributed by atoms with E-state index in [2.05, 4.69) is 10.6 Å². The Morgan fingerprint density at radius 1 is 0.528 bits per heavy atom. The van der Waals surface area contributed by atoms with E-state index in [0.717, 1.165) is 11.1 Å². The van der Waals surface area contributed by atoms with Crippen molar-refractivity contribution in [2.45, 2.75) is 22.9 Å². The zero-order valence-electron chi connectivity index (χ0n) is 19.0. The van der Waals surface area contributed by atoms with Gasteiger partial charge in [0.15, 0.2) is 0 Å². The quantitative estimate of drug-likeness (QED) is 0.223. The molecule has 0 radical (unpaired) electrons. The molecule has 0 saturated heterocycles. The third-order valence-electron chi connectivity index (χ3n) is 5.49. The van der Waals surface area contributed by atoms with E-state index >= 15 is 0 Å². The van der Waals surface area contributed by atoms with Crippen LogP contribution in [-0.2, 0) is 33.3 Å². The van der Waals surface area contributed by atoms with E-state index < -0.39 is 30.0 Å². The van der Waals surface area contributed by atoms with Crippen molar-refractivity contribution in [3.8, 4) is 11.1 Å². The van der Waals surface area contributed by atoms with E-state index in [1.54, 1.807) is 12.1 Å². The fourth-order valence-corrected chi connectivity index (χ4v) is 5.20. The summed E-state index contributed by atoms with van der Waals surface area (Å²) in [5.74, 6) is 0. The van der Waals surface area contributed by atoms with Crippen LogP contribution < -0.4 is 10.6 Å². The van der Waals surface area contributed by atoms with Crippen LogP contribution in [0.5, 0.6) is 0 Å². The second kappa shape index (κ2) is 10.5. The first-order chi connectivity index (χ1) is 17.1. The van der Waals surface area contributed by atoms with E-state index in [1.165, 1.54) is 24.3 Å². The molecular weight excluding hydrogens is 500 g/mol. The minimum atomic E-state index is -4.74. The smallest absolute Gasteiger partial charge is 0.295 e. The van der Waals surface area contributed by atoms with Gasteiger partial charge < -0.3 is 10.6 Å². The first-order valence-electron chi connectivity index (χ1n) is 10.9. The van der Waals surface area contributed by atoms with Crippen molar-refractivity contribution in [2.24, 2.45) is 0 Å². The van der Waals surface area contributed by atoms with Gasteiger partial charge in [-0.3, -0.25) is 9.11 Å². The zero-order valence-corrected chi connectivity index (χ0v) is 20.6. The molecule has 0 atom stereocenters. The summed E-state index contributed by atoms with van der Waals surface area (Å²) < 4.78 is 68.8. The van der Waals surface area contributed by atoms with Crippen molar-refractivity contribution >= 4 is 31.6 Å². The molecule has 0 heterocycles. The number of hydrogen-bond donors (Lipinski definition) is 4. The highest BCUT2D eigenvalue weighted by molar-refractivity contribution is 7.86. The highest BCUT2D eigenvalue weighted by Gasteiger charge is 2.24. The lowest BCUT2D eigenvalue weighted by atomic mass is 10.0. The Balaban J connectivity index is 1.70. The summed E-state index contributed by atoms with van der Waals surface area (Å²) in [5.41, 5.74) is 2.61. The first kappa shape index (κ1) is 25.4. The topological polar surface area (TPSA) is 133 Å². The van der Waals surface area contributed by atoms with E-state index in [9.17, 15) is 25.9 Å². The molecule has 0 spiro atoms. The molecule has 0 aliphatic carbocycles. The number of anilines is 2. The van der Waals surface area contributed by atoms with Crippen LogP contribution in [0.4, 0.5) is 11.4 Å². The Morgan fingerprint density at radius 3 is 1.22 bits per heavy atom. The third kappa shape index (κ3) is 6.29. The van der Waals surface area contributed by atoms with Crippen molar-refractivity contribution in [1.82, 2.24) is 0 Å². The van der Waals surface area contributed by atoms with Crippen LogP contribution in [0.2, 0.25) is 0 Å². The van der Waals surface area contributed by atoms with Crippen LogP contribution in [0.25, 0.3) is 11.1 Å². The van der Waals surface area contributed by atoms with Gasteiger partial charge in [-0.25, -0.2) is 0 Å². The second-order valence-electron chi connectivity index (χ2n) is 8.05. The molecule has 4 rings (SSSR count). The van der Waals surface area contributed by atoms with Crippen LogP contribution in [-0.4, -0.2) is 25.9 Å². The summed E-state index contributed by atoms with van der Waals surface area (Å²) in [6.45, 7) is 0.812. The Kier molecular flexibility index (Phi) is 7.41. The van der Waals surface area contributed by atoms with Gasteiger partial charge in [-0.05, 0) is 35.4 Å². The molecule has 0 aromatic heterocycles. The van der Waals surface area contributed by atoms with Gasteiger partial charge in [-0.1, -0.05) is 72.8 Å². The molecule has 8 nitrogen and oxygen atoms in total. The molecule has 0 bridgehead atoms. The van der Waals surface area contributed by atoms with Crippen LogP contribution in [0.15, 0.2) is 107 Å². The van der Waals surface area contributed by atoms with E-state index in [1.807, 2.05) is 60.7 Å². The molecule has 186 valence electrons. The second-order valence-corrected chi connectivity index (χ2v) is 10.8. The molecule has 4 aromatic carbocycles. The van der Waals surface area contributed by atoms with Gasteiger partial charge in [-0.2, -0.15) is 16.8 Å². The van der Waals surface area contributed by atoms with Crippen molar-refractivity contribution in [1.29, 1.82) is 0 Å². The largest absolute Gasteiger partial charge is 0.381 e. The van der Waals surface area contributed by atoms with Gasteiger partial charge in [0.2, 0.25) is 0 Å². The molecule has 0 saturated carbocycles. The van der Waals surface area contributed by atoms with Crippen LogP contribution >= 0.6 is 0 Å². The molecule has 4 N–H and O–H groups in total. The Morgan fingerprint density at radius 2 is 0.889 bits per heavy atom. The molecule has 0 amide bonds. The fourth-order valence-electron chi connectivity index (χ4n) is 3.74. The molecule has 0 fully saturated rings. The molecule has 36 heavy (non-hydrogen) atoms. The van der Waals surface area contributed by atoms with Gasteiger partial charge >= 0.3 is 0 Å². The summed E-state index contributed by atoms with van der Waals surface area (Å²) in [6.07, 6.45) is 0. The maximum Gasteiger partial charge on any atom is 0.295 e. The first-order valence-corrected chi connectivity index (χ1v) is 13.8. The molecule has 0 aliphatic rings. The Labute approximate surface area is 210 Å². The Bertz CT molecular complexity index is 1450. The van der Waals surface area contributed by atoms with Crippen LogP contribution in [0.3, 0.4) is 0 Å².